The van der Waals surface area contributed by atoms with Gasteiger partial charge < -0.3 is 31.6 Å². The maximum Gasteiger partial charge on any atom is 0.407 e. The second kappa shape index (κ2) is 8.18. The molecule has 140 valence electrons. The molecule has 3 amide bonds. The molecule has 6 N–H and O–H groups in total. The Bertz CT molecular complexity index is 433. The van der Waals surface area contributed by atoms with Crippen molar-refractivity contribution in [3.63, 3.8) is 0 Å². The predicted molar refractivity (Wildman–Crippen MR) is 89.2 cm³/mol. The summed E-state index contributed by atoms with van der Waals surface area (Å²) in [6.45, 7) is 9.73. The lowest BCUT2D eigenvalue weighted by Crippen LogP contribution is -2.57. The van der Waals surface area contributed by atoms with E-state index in [1.54, 1.807) is 41.5 Å². The molecule has 0 aromatic heterocycles. The van der Waals surface area contributed by atoms with Crippen LogP contribution in [0.2, 0.25) is 0 Å². The number of carbonyl (C=O) groups is 3. The molecule has 0 rings (SSSR count). The number of hydrogen-bond acceptors (Lipinski definition) is 6. The number of alkyl carbamates (subject to hydrolysis) is 2. The van der Waals surface area contributed by atoms with Crippen molar-refractivity contribution in [2.45, 2.75) is 52.7 Å². The SMILES string of the molecule is CC(C)(C)OC(=O)NCC(CN)(CNC(=O)OC(C)(C)C)C(N)=O. The van der Waals surface area contributed by atoms with Crippen molar-refractivity contribution in [3.05, 3.63) is 0 Å². The van der Waals surface area contributed by atoms with Crippen molar-refractivity contribution in [2.24, 2.45) is 16.9 Å². The molecule has 0 aromatic carbocycles. The summed E-state index contributed by atoms with van der Waals surface area (Å²) in [4.78, 5) is 35.3. The summed E-state index contributed by atoms with van der Waals surface area (Å²) in [5.74, 6) is -0.753. The van der Waals surface area contributed by atoms with Crippen LogP contribution in [-0.2, 0) is 14.3 Å². The van der Waals surface area contributed by atoms with Crippen molar-refractivity contribution < 1.29 is 23.9 Å². The minimum atomic E-state index is -1.35. The molecule has 0 radical (unpaired) electrons. The molecule has 24 heavy (non-hydrogen) atoms. The number of ether oxygens (including phenoxy) is 2. The Morgan fingerprint density at radius 1 is 0.833 bits per heavy atom. The largest absolute Gasteiger partial charge is 0.444 e. The van der Waals surface area contributed by atoms with Gasteiger partial charge in [0, 0.05) is 19.6 Å². The number of rotatable bonds is 6. The highest BCUT2D eigenvalue weighted by Gasteiger charge is 2.37. The first-order valence-corrected chi connectivity index (χ1v) is 7.64. The number of hydrogen-bond donors (Lipinski definition) is 4. The van der Waals surface area contributed by atoms with Gasteiger partial charge in [-0.2, -0.15) is 0 Å². The van der Waals surface area contributed by atoms with E-state index in [2.05, 4.69) is 10.6 Å². The van der Waals surface area contributed by atoms with Gasteiger partial charge in [0.15, 0.2) is 0 Å². The molecular weight excluding hydrogens is 316 g/mol. The predicted octanol–water partition coefficient (Wildman–Crippen LogP) is 0.466. The number of amides is 3. The van der Waals surface area contributed by atoms with Gasteiger partial charge in [0.1, 0.15) is 11.2 Å². The molecular formula is C15H30N4O5. The maximum absolute atomic E-state index is 11.8. The molecule has 9 heteroatoms. The summed E-state index contributed by atoms with van der Waals surface area (Å²) < 4.78 is 10.2. The normalized spacial score (nSPS) is 12.3. The summed E-state index contributed by atoms with van der Waals surface area (Å²) in [7, 11) is 0. The van der Waals surface area contributed by atoms with Crippen LogP contribution in [0, 0.1) is 5.41 Å². The van der Waals surface area contributed by atoms with Crippen LogP contribution < -0.4 is 22.1 Å². The number of carbonyl (C=O) groups excluding carboxylic acids is 3. The Labute approximate surface area is 142 Å². The van der Waals surface area contributed by atoms with E-state index >= 15 is 0 Å². The number of nitrogens with two attached hydrogens (primary N) is 2. The molecule has 9 nitrogen and oxygen atoms in total. The first-order chi connectivity index (χ1) is 10.7. The minimum Gasteiger partial charge on any atom is -0.444 e. The molecule has 0 saturated heterocycles. The zero-order valence-corrected chi connectivity index (χ0v) is 15.3. The zero-order chi connectivity index (χ0) is 19.2. The molecule has 0 aliphatic heterocycles. The molecule has 0 unspecified atom stereocenters. The Kier molecular flexibility index (Phi) is 7.49. The van der Waals surface area contributed by atoms with Gasteiger partial charge in [0.2, 0.25) is 5.91 Å². The molecule has 0 aromatic rings. The van der Waals surface area contributed by atoms with Gasteiger partial charge >= 0.3 is 12.2 Å². The Morgan fingerprint density at radius 3 is 1.38 bits per heavy atom. The quantitative estimate of drug-likeness (QED) is 0.550. The molecule has 0 saturated carbocycles. The molecule has 0 aliphatic rings. The second-order valence-electron chi connectivity index (χ2n) is 7.56. The molecule has 0 aliphatic carbocycles. The van der Waals surface area contributed by atoms with E-state index in [1.165, 1.54) is 0 Å². The van der Waals surface area contributed by atoms with Gasteiger partial charge in [-0.1, -0.05) is 0 Å². The Balaban J connectivity index is 4.82. The van der Waals surface area contributed by atoms with Crippen LogP contribution in [0.1, 0.15) is 41.5 Å². The highest BCUT2D eigenvalue weighted by Crippen LogP contribution is 2.14. The average molecular weight is 346 g/mol. The first-order valence-electron chi connectivity index (χ1n) is 7.64. The highest BCUT2D eigenvalue weighted by atomic mass is 16.6. The lowest BCUT2D eigenvalue weighted by Gasteiger charge is -2.30. The highest BCUT2D eigenvalue weighted by molar-refractivity contribution is 5.83. The molecule has 0 bridgehead atoms. The van der Waals surface area contributed by atoms with Crippen molar-refractivity contribution >= 4 is 18.1 Å². The third-order valence-corrected chi connectivity index (χ3v) is 2.85. The van der Waals surface area contributed by atoms with E-state index in [0.717, 1.165) is 0 Å². The van der Waals surface area contributed by atoms with E-state index in [9.17, 15) is 14.4 Å². The van der Waals surface area contributed by atoms with Crippen LogP contribution in [0.15, 0.2) is 0 Å². The lowest BCUT2D eigenvalue weighted by molar-refractivity contribution is -0.126. The van der Waals surface area contributed by atoms with E-state index in [4.69, 9.17) is 20.9 Å². The average Bonchev–Trinajstić information content (AvgIpc) is 2.34. The summed E-state index contributed by atoms with van der Waals surface area (Å²) >= 11 is 0. The maximum atomic E-state index is 11.8. The van der Waals surface area contributed by atoms with E-state index in [1.807, 2.05) is 0 Å². The number of primary amides is 1. The second-order valence-corrected chi connectivity index (χ2v) is 7.56. The first kappa shape index (κ1) is 22.0. The summed E-state index contributed by atoms with van der Waals surface area (Å²) in [5.41, 5.74) is 8.34. The molecule has 0 atom stereocenters. The lowest BCUT2D eigenvalue weighted by atomic mass is 9.87. The fraction of sp³-hybridized carbons (Fsp3) is 0.800. The molecule has 0 spiro atoms. The van der Waals surface area contributed by atoms with Gasteiger partial charge in [-0.3, -0.25) is 4.79 Å². The molecule has 0 heterocycles. The van der Waals surface area contributed by atoms with E-state index in [-0.39, 0.29) is 19.6 Å². The van der Waals surface area contributed by atoms with Crippen LogP contribution in [-0.4, -0.2) is 48.9 Å². The Hall–Kier alpha value is -2.03. The van der Waals surface area contributed by atoms with E-state index in [0.29, 0.717) is 0 Å². The monoisotopic (exact) mass is 346 g/mol. The third kappa shape index (κ3) is 8.56. The van der Waals surface area contributed by atoms with Gasteiger partial charge in [0.25, 0.3) is 0 Å². The fourth-order valence-corrected chi connectivity index (χ4v) is 1.59. The number of nitrogens with one attached hydrogen (secondary N) is 2. The van der Waals surface area contributed by atoms with Crippen LogP contribution >= 0.6 is 0 Å². The summed E-state index contributed by atoms with van der Waals surface area (Å²) in [6.07, 6.45) is -1.42. The smallest absolute Gasteiger partial charge is 0.407 e. The standard InChI is InChI=1S/C15H30N4O5/c1-13(2,3)23-11(21)18-8-15(7-16,10(17)20)9-19-12(22)24-14(4,5)6/h7-9,16H2,1-6H3,(H2,17,20)(H,18,21)(H,19,22). The summed E-state index contributed by atoms with van der Waals surface area (Å²) in [5, 5.41) is 4.90. The van der Waals surface area contributed by atoms with Gasteiger partial charge in [-0.15, -0.1) is 0 Å². The minimum absolute atomic E-state index is 0.173. The zero-order valence-electron chi connectivity index (χ0n) is 15.3. The topological polar surface area (TPSA) is 146 Å². The molecule has 0 fully saturated rings. The van der Waals surface area contributed by atoms with Gasteiger partial charge in [-0.05, 0) is 41.5 Å². The van der Waals surface area contributed by atoms with Crippen LogP contribution in [0.4, 0.5) is 9.59 Å². The Morgan fingerprint density at radius 2 is 1.17 bits per heavy atom. The van der Waals surface area contributed by atoms with Crippen molar-refractivity contribution in [1.29, 1.82) is 0 Å². The van der Waals surface area contributed by atoms with Gasteiger partial charge in [0.05, 0.1) is 5.41 Å². The van der Waals surface area contributed by atoms with Gasteiger partial charge in [-0.25, -0.2) is 9.59 Å². The van der Waals surface area contributed by atoms with Crippen LogP contribution in [0.5, 0.6) is 0 Å². The van der Waals surface area contributed by atoms with E-state index < -0.39 is 34.7 Å². The van der Waals surface area contributed by atoms with Crippen LogP contribution in [0.3, 0.4) is 0 Å². The van der Waals surface area contributed by atoms with Crippen molar-refractivity contribution in [2.75, 3.05) is 19.6 Å². The van der Waals surface area contributed by atoms with Crippen LogP contribution in [0.25, 0.3) is 0 Å². The summed E-state index contributed by atoms with van der Waals surface area (Å²) in [6, 6.07) is 0. The van der Waals surface area contributed by atoms with Crippen molar-refractivity contribution in [1.82, 2.24) is 10.6 Å². The van der Waals surface area contributed by atoms with Crippen molar-refractivity contribution in [3.8, 4) is 0 Å². The fourth-order valence-electron chi connectivity index (χ4n) is 1.59. The third-order valence-electron chi connectivity index (χ3n) is 2.85.